The minimum Gasteiger partial charge on any atom is -0.394 e. The lowest BCUT2D eigenvalue weighted by atomic mass is 10.2. The van der Waals surface area contributed by atoms with E-state index in [9.17, 15) is 5.11 Å². The summed E-state index contributed by atoms with van der Waals surface area (Å²) < 4.78 is 6.21. The first-order valence-corrected chi connectivity index (χ1v) is 7.27. The minimum absolute atomic E-state index is 0.0498. The Balaban J connectivity index is 2.21. The van der Waals surface area contributed by atoms with Gasteiger partial charge in [0.25, 0.3) is 0 Å². The number of ether oxygens (including phenoxy) is 1. The molecule has 0 saturated carbocycles. The van der Waals surface area contributed by atoms with Gasteiger partial charge in [-0.2, -0.15) is 4.98 Å². The van der Waals surface area contributed by atoms with Crippen LogP contribution >= 0.6 is 15.9 Å². The Morgan fingerprint density at radius 3 is 3.21 bits per heavy atom. The van der Waals surface area contributed by atoms with Crippen molar-refractivity contribution in [2.24, 2.45) is 0 Å². The summed E-state index contributed by atoms with van der Waals surface area (Å²) in [5, 5.41) is 12.6. The van der Waals surface area contributed by atoms with E-state index in [0.717, 1.165) is 23.3 Å². The van der Waals surface area contributed by atoms with Crippen molar-refractivity contribution in [1.82, 2.24) is 9.97 Å². The largest absolute Gasteiger partial charge is 0.394 e. The van der Waals surface area contributed by atoms with Crippen molar-refractivity contribution in [1.29, 1.82) is 0 Å². The maximum absolute atomic E-state index is 9.43. The number of aliphatic hydroxyl groups excluding tert-OH is 1. The molecule has 106 valence electrons. The molecule has 1 fully saturated rings. The summed E-state index contributed by atoms with van der Waals surface area (Å²) >= 11 is 3.47. The maximum atomic E-state index is 9.43. The third-order valence-electron chi connectivity index (χ3n) is 2.97. The molecular formula is C12H19BrN4O2. The molecule has 0 spiro atoms. The summed E-state index contributed by atoms with van der Waals surface area (Å²) in [7, 11) is 0. The molecule has 1 aliphatic rings. The van der Waals surface area contributed by atoms with Crippen molar-refractivity contribution in [2.75, 3.05) is 43.1 Å². The molecule has 0 radical (unpaired) electrons. The molecule has 1 unspecified atom stereocenters. The Kier molecular flexibility index (Phi) is 5.35. The smallest absolute Gasteiger partial charge is 0.224 e. The van der Waals surface area contributed by atoms with Crippen molar-refractivity contribution in [2.45, 2.75) is 19.4 Å². The van der Waals surface area contributed by atoms with Crippen LogP contribution in [0, 0.1) is 0 Å². The number of halogens is 1. The van der Waals surface area contributed by atoms with Gasteiger partial charge in [0, 0.05) is 19.3 Å². The Bertz CT molecular complexity index is 419. The van der Waals surface area contributed by atoms with E-state index in [1.165, 1.54) is 0 Å². The number of aliphatic hydroxyl groups is 1. The van der Waals surface area contributed by atoms with Gasteiger partial charge in [-0.3, -0.25) is 0 Å². The van der Waals surface area contributed by atoms with Gasteiger partial charge in [0.05, 0.1) is 30.3 Å². The number of hydrogen-bond acceptors (Lipinski definition) is 6. The van der Waals surface area contributed by atoms with Crippen LogP contribution in [0.4, 0.5) is 11.8 Å². The first kappa shape index (κ1) is 14.5. The lowest BCUT2D eigenvalue weighted by Crippen LogP contribution is -2.48. The molecule has 0 amide bonds. The van der Waals surface area contributed by atoms with Gasteiger partial charge in [-0.05, 0) is 22.4 Å². The van der Waals surface area contributed by atoms with E-state index in [0.29, 0.717) is 25.7 Å². The first-order valence-electron chi connectivity index (χ1n) is 6.48. The normalized spacial score (nSPS) is 19.5. The number of hydrogen-bond donors (Lipinski definition) is 2. The van der Waals surface area contributed by atoms with Crippen LogP contribution in [0.1, 0.15) is 13.3 Å². The van der Waals surface area contributed by atoms with Crippen LogP contribution in [0.15, 0.2) is 10.7 Å². The van der Waals surface area contributed by atoms with Crippen molar-refractivity contribution in [3.8, 4) is 0 Å². The number of aromatic nitrogens is 2. The number of anilines is 2. The van der Waals surface area contributed by atoms with E-state index in [-0.39, 0.29) is 12.6 Å². The van der Waals surface area contributed by atoms with Gasteiger partial charge >= 0.3 is 0 Å². The molecule has 1 aliphatic heterocycles. The van der Waals surface area contributed by atoms with Crippen LogP contribution in [-0.4, -0.2) is 54.0 Å². The molecule has 7 heteroatoms. The summed E-state index contributed by atoms with van der Waals surface area (Å²) in [5.41, 5.74) is 0. The summed E-state index contributed by atoms with van der Waals surface area (Å²) in [6.45, 7) is 4.86. The molecule has 19 heavy (non-hydrogen) atoms. The Morgan fingerprint density at radius 2 is 2.47 bits per heavy atom. The van der Waals surface area contributed by atoms with Crippen molar-refractivity contribution in [3.05, 3.63) is 10.7 Å². The number of nitrogens with zero attached hydrogens (tertiary/aromatic N) is 3. The second kappa shape index (κ2) is 7.02. The zero-order chi connectivity index (χ0) is 13.7. The molecule has 2 heterocycles. The highest BCUT2D eigenvalue weighted by atomic mass is 79.9. The zero-order valence-electron chi connectivity index (χ0n) is 11.0. The summed E-state index contributed by atoms with van der Waals surface area (Å²) in [4.78, 5) is 10.8. The number of rotatable bonds is 5. The van der Waals surface area contributed by atoms with Crippen LogP contribution in [0.25, 0.3) is 0 Å². The average Bonchev–Trinajstić information content (AvgIpc) is 2.46. The number of morpholine rings is 1. The molecule has 0 aromatic carbocycles. The standard InChI is InChI=1S/C12H19BrN4O2/c1-2-3-14-12-15-6-10(13)11(16-12)17-4-5-19-8-9(17)7-18/h6,9,18H,2-5,7-8H2,1H3,(H,14,15,16). The Morgan fingerprint density at radius 1 is 1.63 bits per heavy atom. The number of nitrogens with one attached hydrogen (secondary N) is 1. The summed E-state index contributed by atoms with van der Waals surface area (Å²) in [5.74, 6) is 1.42. The van der Waals surface area contributed by atoms with Gasteiger partial charge in [-0.1, -0.05) is 6.92 Å². The fourth-order valence-electron chi connectivity index (χ4n) is 1.97. The second-order valence-electron chi connectivity index (χ2n) is 4.40. The first-order chi connectivity index (χ1) is 9.26. The van der Waals surface area contributed by atoms with E-state index in [2.05, 4.69) is 43.0 Å². The van der Waals surface area contributed by atoms with Crippen LogP contribution < -0.4 is 10.2 Å². The maximum Gasteiger partial charge on any atom is 0.224 e. The van der Waals surface area contributed by atoms with E-state index >= 15 is 0 Å². The van der Waals surface area contributed by atoms with Crippen LogP contribution in [0.2, 0.25) is 0 Å². The molecule has 1 saturated heterocycles. The topological polar surface area (TPSA) is 70.5 Å². The fourth-order valence-corrected chi connectivity index (χ4v) is 2.39. The fraction of sp³-hybridized carbons (Fsp3) is 0.667. The monoisotopic (exact) mass is 330 g/mol. The molecule has 0 bridgehead atoms. The molecule has 2 N–H and O–H groups in total. The van der Waals surface area contributed by atoms with Gasteiger partial charge < -0.3 is 20.1 Å². The Labute approximate surface area is 121 Å². The highest BCUT2D eigenvalue weighted by Crippen LogP contribution is 2.27. The predicted octanol–water partition coefficient (Wildman–Crippen LogP) is 1.26. The van der Waals surface area contributed by atoms with Crippen LogP contribution in [0.3, 0.4) is 0 Å². The lowest BCUT2D eigenvalue weighted by Gasteiger charge is -2.35. The molecular weight excluding hydrogens is 312 g/mol. The van der Waals surface area contributed by atoms with Crippen molar-refractivity contribution < 1.29 is 9.84 Å². The zero-order valence-corrected chi connectivity index (χ0v) is 12.6. The van der Waals surface area contributed by atoms with Gasteiger partial charge in [0.1, 0.15) is 5.82 Å². The molecule has 1 aromatic rings. The van der Waals surface area contributed by atoms with Crippen LogP contribution in [0.5, 0.6) is 0 Å². The summed E-state index contributed by atoms with van der Waals surface area (Å²) in [6.07, 6.45) is 2.76. The Hall–Kier alpha value is -0.920. The minimum atomic E-state index is -0.0565. The average molecular weight is 331 g/mol. The van der Waals surface area contributed by atoms with E-state index < -0.39 is 0 Å². The molecule has 1 atom stereocenters. The quantitative estimate of drug-likeness (QED) is 0.847. The van der Waals surface area contributed by atoms with Crippen molar-refractivity contribution >= 4 is 27.7 Å². The third-order valence-corrected chi connectivity index (χ3v) is 3.53. The third kappa shape index (κ3) is 3.55. The highest BCUT2D eigenvalue weighted by Gasteiger charge is 2.25. The van der Waals surface area contributed by atoms with E-state index in [4.69, 9.17) is 4.74 Å². The lowest BCUT2D eigenvalue weighted by molar-refractivity contribution is 0.0722. The molecule has 1 aromatic heterocycles. The van der Waals surface area contributed by atoms with Gasteiger partial charge in [0.15, 0.2) is 0 Å². The van der Waals surface area contributed by atoms with Gasteiger partial charge in [-0.25, -0.2) is 4.98 Å². The van der Waals surface area contributed by atoms with E-state index in [1.807, 2.05) is 0 Å². The molecule has 2 rings (SSSR count). The summed E-state index contributed by atoms with van der Waals surface area (Å²) in [6, 6.07) is -0.0565. The molecule has 0 aliphatic carbocycles. The van der Waals surface area contributed by atoms with Crippen molar-refractivity contribution in [3.63, 3.8) is 0 Å². The second-order valence-corrected chi connectivity index (χ2v) is 5.25. The predicted molar refractivity (Wildman–Crippen MR) is 77.6 cm³/mol. The molecule has 6 nitrogen and oxygen atoms in total. The van der Waals surface area contributed by atoms with Gasteiger partial charge in [-0.15, -0.1) is 0 Å². The van der Waals surface area contributed by atoms with E-state index in [1.54, 1.807) is 6.20 Å². The highest BCUT2D eigenvalue weighted by molar-refractivity contribution is 9.10. The van der Waals surface area contributed by atoms with Gasteiger partial charge in [0.2, 0.25) is 5.95 Å². The van der Waals surface area contributed by atoms with Crippen LogP contribution in [-0.2, 0) is 4.74 Å². The SMILES string of the molecule is CCCNc1ncc(Br)c(N2CCOCC2CO)n1.